The maximum atomic E-state index is 6.56. The van der Waals surface area contributed by atoms with Crippen LogP contribution >= 0.6 is 0 Å². The summed E-state index contributed by atoms with van der Waals surface area (Å²) in [5.74, 6) is 0. The van der Waals surface area contributed by atoms with Gasteiger partial charge in [0.25, 0.3) is 0 Å². The van der Waals surface area contributed by atoms with Crippen LogP contribution in [-0.4, -0.2) is 0 Å². The third kappa shape index (κ3) is 4.81. The Bertz CT molecular complexity index is 3120. The summed E-state index contributed by atoms with van der Waals surface area (Å²) in [5, 5.41) is 7.08. The van der Waals surface area contributed by atoms with Crippen molar-refractivity contribution in [3.05, 3.63) is 199 Å². The van der Waals surface area contributed by atoms with Crippen LogP contribution in [0.3, 0.4) is 0 Å². The fraction of sp³-hybridized carbons (Fsp3) is 0.0566. The zero-order valence-corrected chi connectivity index (χ0v) is 30.8. The lowest BCUT2D eigenvalue weighted by molar-refractivity contribution is 0.660. The van der Waals surface area contributed by atoms with Gasteiger partial charge in [-0.05, 0) is 97.6 Å². The Labute approximate surface area is 320 Å². The molecule has 0 spiro atoms. The molecule has 1 aliphatic rings. The highest BCUT2D eigenvalue weighted by Gasteiger charge is 2.35. The number of fused-ring (bicyclic) bond motifs is 9. The highest BCUT2D eigenvalue weighted by atomic mass is 16.3. The van der Waals surface area contributed by atoms with Gasteiger partial charge >= 0.3 is 0 Å². The molecule has 260 valence electrons. The van der Waals surface area contributed by atoms with E-state index in [2.05, 4.69) is 207 Å². The second-order valence-electron chi connectivity index (χ2n) is 15.3. The molecule has 0 unspecified atom stereocenters. The molecule has 2 heteroatoms. The maximum Gasteiger partial charge on any atom is 0.143 e. The van der Waals surface area contributed by atoms with Crippen LogP contribution in [0.4, 0.5) is 17.1 Å². The van der Waals surface area contributed by atoms with E-state index in [-0.39, 0.29) is 5.41 Å². The maximum absolute atomic E-state index is 6.56. The fourth-order valence-corrected chi connectivity index (χ4v) is 9.22. The molecule has 2 nitrogen and oxygen atoms in total. The Morgan fingerprint density at radius 3 is 1.89 bits per heavy atom. The van der Waals surface area contributed by atoms with Crippen LogP contribution in [0.5, 0.6) is 0 Å². The molecule has 9 aromatic carbocycles. The highest BCUT2D eigenvalue weighted by Crippen LogP contribution is 2.51. The molecule has 0 atom stereocenters. The minimum Gasteiger partial charge on any atom is -0.455 e. The summed E-state index contributed by atoms with van der Waals surface area (Å²) in [7, 11) is 0. The number of hydrogen-bond acceptors (Lipinski definition) is 2. The van der Waals surface area contributed by atoms with E-state index in [1.54, 1.807) is 0 Å². The van der Waals surface area contributed by atoms with E-state index in [0.29, 0.717) is 0 Å². The van der Waals surface area contributed by atoms with Crippen LogP contribution in [0, 0.1) is 0 Å². The molecule has 10 aromatic rings. The molecule has 0 saturated heterocycles. The quantitative estimate of drug-likeness (QED) is 0.177. The van der Waals surface area contributed by atoms with Gasteiger partial charge in [-0.2, -0.15) is 0 Å². The van der Waals surface area contributed by atoms with Gasteiger partial charge in [-0.3, -0.25) is 0 Å². The van der Waals surface area contributed by atoms with E-state index < -0.39 is 0 Å². The van der Waals surface area contributed by atoms with Gasteiger partial charge in [0.1, 0.15) is 11.2 Å². The molecule has 1 aromatic heterocycles. The van der Waals surface area contributed by atoms with E-state index in [1.165, 1.54) is 49.5 Å². The number of hydrogen-bond donors (Lipinski definition) is 0. The van der Waals surface area contributed by atoms with E-state index >= 15 is 0 Å². The molecule has 0 amide bonds. The predicted molar refractivity (Wildman–Crippen MR) is 232 cm³/mol. The molecule has 1 aliphatic carbocycles. The van der Waals surface area contributed by atoms with Crippen molar-refractivity contribution in [3.63, 3.8) is 0 Å². The normalized spacial score (nSPS) is 13.1. The van der Waals surface area contributed by atoms with Gasteiger partial charge < -0.3 is 9.32 Å². The van der Waals surface area contributed by atoms with Gasteiger partial charge in [0.05, 0.1) is 5.69 Å². The van der Waals surface area contributed by atoms with Crippen molar-refractivity contribution < 1.29 is 4.42 Å². The average Bonchev–Trinajstić information content (AvgIpc) is 3.74. The summed E-state index contributed by atoms with van der Waals surface area (Å²) < 4.78 is 6.56. The summed E-state index contributed by atoms with van der Waals surface area (Å²) >= 11 is 0. The number of anilines is 3. The SMILES string of the molecule is CC1(C)c2ccccc2-c2cc(N(c3ccc(-c4cccc5oc6c7ccccc7ccc6c45)cc3)c3ccccc3-c3cccc4ccccc34)ccc21. The second kappa shape index (κ2) is 12.1. The first-order valence-corrected chi connectivity index (χ1v) is 19.1. The number of para-hydroxylation sites is 1. The van der Waals surface area contributed by atoms with Crippen molar-refractivity contribution in [3.8, 4) is 33.4 Å². The molecule has 0 bridgehead atoms. The summed E-state index contributed by atoms with van der Waals surface area (Å²) in [5.41, 5.74) is 15.2. The third-order valence-electron chi connectivity index (χ3n) is 11.9. The van der Waals surface area contributed by atoms with Gasteiger partial charge in [-0.15, -0.1) is 0 Å². The van der Waals surface area contributed by atoms with Crippen molar-refractivity contribution in [1.29, 1.82) is 0 Å². The first-order chi connectivity index (χ1) is 27.0. The lowest BCUT2D eigenvalue weighted by atomic mass is 9.82. The Hall–Kier alpha value is -6.90. The Balaban J connectivity index is 1.10. The van der Waals surface area contributed by atoms with E-state index in [0.717, 1.165) is 55.5 Å². The standard InChI is InChI=1S/C53H37NO/c1-53(2)47-22-9-7-18-43(47)46-33-38(30-32-48(46)53)54(49-23-10-8-19-44(49)42-21-11-15-34-13-3-5-16-39(34)42)37-28-25-36(26-29-37)40-20-12-24-50-51(40)45-31-27-35-14-4-6-17-41(35)52(45)55-50/h3-33H,1-2H3. The van der Waals surface area contributed by atoms with Crippen LogP contribution in [-0.2, 0) is 5.41 Å². The van der Waals surface area contributed by atoms with Crippen molar-refractivity contribution >= 4 is 60.5 Å². The summed E-state index contributed by atoms with van der Waals surface area (Å²) in [6.07, 6.45) is 0. The first kappa shape index (κ1) is 31.6. The van der Waals surface area contributed by atoms with Crippen LogP contribution in [0.2, 0.25) is 0 Å². The third-order valence-corrected chi connectivity index (χ3v) is 11.9. The largest absolute Gasteiger partial charge is 0.455 e. The number of nitrogens with zero attached hydrogens (tertiary/aromatic N) is 1. The molecule has 1 heterocycles. The molecule has 55 heavy (non-hydrogen) atoms. The fourth-order valence-electron chi connectivity index (χ4n) is 9.22. The van der Waals surface area contributed by atoms with Crippen molar-refractivity contribution in [2.45, 2.75) is 19.3 Å². The van der Waals surface area contributed by atoms with Gasteiger partial charge in [0, 0.05) is 38.5 Å². The summed E-state index contributed by atoms with van der Waals surface area (Å²) in [4.78, 5) is 2.44. The zero-order chi connectivity index (χ0) is 36.7. The molecule has 0 fully saturated rings. The molecule has 0 saturated carbocycles. The average molecular weight is 704 g/mol. The van der Waals surface area contributed by atoms with Crippen LogP contribution in [0.1, 0.15) is 25.0 Å². The van der Waals surface area contributed by atoms with Crippen LogP contribution < -0.4 is 4.90 Å². The van der Waals surface area contributed by atoms with Crippen LogP contribution in [0.15, 0.2) is 192 Å². The predicted octanol–water partition coefficient (Wildman–Crippen LogP) is 15.0. The lowest BCUT2D eigenvalue weighted by Crippen LogP contribution is -2.15. The zero-order valence-electron chi connectivity index (χ0n) is 30.8. The highest BCUT2D eigenvalue weighted by molar-refractivity contribution is 6.19. The molecular formula is C53H37NO. The van der Waals surface area contributed by atoms with Gasteiger partial charge in [0.2, 0.25) is 0 Å². The summed E-state index contributed by atoms with van der Waals surface area (Å²) in [6, 6.07) is 68.4. The van der Waals surface area contributed by atoms with Gasteiger partial charge in [-0.1, -0.05) is 159 Å². The Kier molecular flexibility index (Phi) is 6.93. The van der Waals surface area contributed by atoms with E-state index in [4.69, 9.17) is 4.42 Å². The number of benzene rings is 9. The van der Waals surface area contributed by atoms with Gasteiger partial charge in [-0.25, -0.2) is 0 Å². The molecule has 0 radical (unpaired) electrons. The Morgan fingerprint density at radius 1 is 0.418 bits per heavy atom. The summed E-state index contributed by atoms with van der Waals surface area (Å²) in [6.45, 7) is 4.69. The monoisotopic (exact) mass is 703 g/mol. The minimum absolute atomic E-state index is 0.0671. The number of rotatable bonds is 5. The smallest absolute Gasteiger partial charge is 0.143 e. The van der Waals surface area contributed by atoms with Gasteiger partial charge in [0.15, 0.2) is 0 Å². The number of furan rings is 1. The first-order valence-electron chi connectivity index (χ1n) is 19.1. The molecule has 0 aliphatic heterocycles. The van der Waals surface area contributed by atoms with Crippen molar-refractivity contribution in [2.75, 3.05) is 4.90 Å². The van der Waals surface area contributed by atoms with Crippen molar-refractivity contribution in [2.24, 2.45) is 0 Å². The van der Waals surface area contributed by atoms with Crippen LogP contribution in [0.25, 0.3) is 76.9 Å². The lowest BCUT2D eigenvalue weighted by Gasteiger charge is -2.29. The topological polar surface area (TPSA) is 16.4 Å². The minimum atomic E-state index is -0.0671. The molecule has 0 N–H and O–H groups in total. The molecular weight excluding hydrogens is 667 g/mol. The molecule has 11 rings (SSSR count). The van der Waals surface area contributed by atoms with E-state index in [1.807, 2.05) is 0 Å². The van der Waals surface area contributed by atoms with Crippen molar-refractivity contribution in [1.82, 2.24) is 0 Å². The Morgan fingerprint density at radius 2 is 1.04 bits per heavy atom. The second-order valence-corrected chi connectivity index (χ2v) is 15.3. The van der Waals surface area contributed by atoms with E-state index in [9.17, 15) is 0 Å².